The number of hydrogen-bond acceptors (Lipinski definition) is 4. The molecular formula is C14H26N2O4. The molecule has 1 aliphatic rings. The topological polar surface area (TPSA) is 87.7 Å². The molecule has 0 aromatic rings. The maximum Gasteiger partial charge on any atom is 0.303 e. The second-order valence-electron chi connectivity index (χ2n) is 6.15. The smallest absolute Gasteiger partial charge is 0.303 e. The minimum atomic E-state index is -0.775. The van der Waals surface area contributed by atoms with E-state index in [1.54, 1.807) is 7.11 Å². The van der Waals surface area contributed by atoms with Crippen molar-refractivity contribution in [2.75, 3.05) is 20.2 Å². The monoisotopic (exact) mass is 286 g/mol. The predicted molar refractivity (Wildman–Crippen MR) is 75.5 cm³/mol. The Labute approximate surface area is 120 Å². The van der Waals surface area contributed by atoms with Crippen LogP contribution in [0.4, 0.5) is 0 Å². The molecule has 3 N–H and O–H groups in total. The summed E-state index contributed by atoms with van der Waals surface area (Å²) in [4.78, 5) is 22.5. The molecular weight excluding hydrogens is 260 g/mol. The molecule has 0 aliphatic carbocycles. The number of carbonyl (C=O) groups excluding carboxylic acids is 1. The fraction of sp³-hybridized carbons (Fsp3) is 0.857. The molecule has 1 amide bonds. The Morgan fingerprint density at radius 3 is 2.65 bits per heavy atom. The van der Waals surface area contributed by atoms with E-state index in [0.717, 1.165) is 6.42 Å². The van der Waals surface area contributed by atoms with Gasteiger partial charge in [0.15, 0.2) is 0 Å². The first-order valence-electron chi connectivity index (χ1n) is 7.10. The predicted octanol–water partition coefficient (Wildman–Crippen LogP) is 0.761. The summed E-state index contributed by atoms with van der Waals surface area (Å²) in [6.07, 6.45) is 2.36. The molecule has 6 nitrogen and oxygen atoms in total. The lowest BCUT2D eigenvalue weighted by Crippen LogP contribution is -2.41. The normalized spacial score (nSPS) is 22.8. The van der Waals surface area contributed by atoms with E-state index in [2.05, 4.69) is 10.6 Å². The van der Waals surface area contributed by atoms with Crippen molar-refractivity contribution in [3.8, 4) is 0 Å². The average Bonchev–Trinajstić information content (AvgIpc) is 2.85. The molecule has 1 rings (SSSR count). The molecule has 0 saturated carbocycles. The zero-order chi connectivity index (χ0) is 15.2. The van der Waals surface area contributed by atoms with Crippen LogP contribution in [0.1, 0.15) is 39.5 Å². The number of ether oxygens (including phenoxy) is 1. The number of carboxylic acids is 1. The van der Waals surface area contributed by atoms with Gasteiger partial charge in [0, 0.05) is 26.6 Å². The van der Waals surface area contributed by atoms with E-state index in [9.17, 15) is 9.59 Å². The summed E-state index contributed by atoms with van der Waals surface area (Å²) in [5.74, 6) is -0.776. The highest BCUT2D eigenvalue weighted by Gasteiger charge is 2.29. The molecule has 2 unspecified atom stereocenters. The van der Waals surface area contributed by atoms with Crippen LogP contribution in [0.15, 0.2) is 0 Å². The third-order valence-electron chi connectivity index (χ3n) is 3.86. The minimum absolute atomic E-state index is 0.00131. The summed E-state index contributed by atoms with van der Waals surface area (Å²) in [5.41, 5.74) is -0.0795. The number of amides is 1. The number of nitrogens with one attached hydrogen (secondary N) is 2. The van der Waals surface area contributed by atoms with Crippen molar-refractivity contribution in [2.45, 2.75) is 51.7 Å². The lowest BCUT2D eigenvalue weighted by molar-refractivity contribution is -0.137. The van der Waals surface area contributed by atoms with Crippen molar-refractivity contribution in [3.63, 3.8) is 0 Å². The van der Waals surface area contributed by atoms with Crippen LogP contribution >= 0.6 is 0 Å². The summed E-state index contributed by atoms with van der Waals surface area (Å²) >= 11 is 0. The van der Waals surface area contributed by atoms with Crippen LogP contribution < -0.4 is 10.6 Å². The second kappa shape index (κ2) is 7.59. The Bertz CT molecular complexity index is 344. The van der Waals surface area contributed by atoms with Crippen molar-refractivity contribution in [1.29, 1.82) is 0 Å². The highest BCUT2D eigenvalue weighted by atomic mass is 16.5. The van der Waals surface area contributed by atoms with Crippen LogP contribution in [-0.4, -0.2) is 49.3 Å². The van der Waals surface area contributed by atoms with Crippen molar-refractivity contribution < 1.29 is 19.4 Å². The lowest BCUT2D eigenvalue weighted by Gasteiger charge is -2.24. The molecule has 0 radical (unpaired) electrons. The van der Waals surface area contributed by atoms with Crippen LogP contribution in [-0.2, 0) is 14.3 Å². The SMILES string of the molecule is COC1CNC(C(=O)NCCC(C)(C)CCC(=O)O)C1. The summed E-state index contributed by atoms with van der Waals surface area (Å²) in [6.45, 7) is 5.33. The van der Waals surface area contributed by atoms with E-state index in [0.29, 0.717) is 25.9 Å². The van der Waals surface area contributed by atoms with Gasteiger partial charge in [-0.05, 0) is 24.7 Å². The number of aliphatic carboxylic acids is 1. The molecule has 0 bridgehead atoms. The van der Waals surface area contributed by atoms with Crippen LogP contribution in [0.25, 0.3) is 0 Å². The van der Waals surface area contributed by atoms with E-state index < -0.39 is 5.97 Å². The van der Waals surface area contributed by atoms with Crippen LogP contribution in [0.2, 0.25) is 0 Å². The first-order valence-corrected chi connectivity index (χ1v) is 7.10. The number of hydrogen-bond donors (Lipinski definition) is 3. The van der Waals surface area contributed by atoms with Gasteiger partial charge in [0.25, 0.3) is 0 Å². The zero-order valence-electron chi connectivity index (χ0n) is 12.6. The van der Waals surface area contributed by atoms with Crippen molar-refractivity contribution >= 4 is 11.9 Å². The van der Waals surface area contributed by atoms with Gasteiger partial charge < -0.3 is 20.5 Å². The molecule has 1 heterocycles. The Morgan fingerprint density at radius 1 is 1.40 bits per heavy atom. The fourth-order valence-electron chi connectivity index (χ4n) is 2.30. The fourth-order valence-corrected chi connectivity index (χ4v) is 2.30. The third kappa shape index (κ3) is 5.88. The molecule has 0 aromatic carbocycles. The van der Waals surface area contributed by atoms with E-state index >= 15 is 0 Å². The van der Waals surface area contributed by atoms with E-state index in [1.165, 1.54) is 0 Å². The molecule has 1 fully saturated rings. The maximum absolute atomic E-state index is 11.9. The maximum atomic E-state index is 11.9. The quantitative estimate of drug-likeness (QED) is 0.613. The minimum Gasteiger partial charge on any atom is -0.481 e. The van der Waals surface area contributed by atoms with Crippen molar-refractivity contribution in [2.24, 2.45) is 5.41 Å². The van der Waals surface area contributed by atoms with E-state index in [-0.39, 0.29) is 29.9 Å². The standard InChI is InChI=1S/C14H26N2O4/c1-14(2,5-4-12(17)18)6-7-15-13(19)11-8-10(20-3)9-16-11/h10-11,16H,4-9H2,1-3H3,(H,15,19)(H,17,18). The van der Waals surface area contributed by atoms with Gasteiger partial charge in [-0.2, -0.15) is 0 Å². The molecule has 20 heavy (non-hydrogen) atoms. The second-order valence-corrected chi connectivity index (χ2v) is 6.15. The van der Waals surface area contributed by atoms with Gasteiger partial charge in [-0.3, -0.25) is 9.59 Å². The Balaban J connectivity index is 2.23. The van der Waals surface area contributed by atoms with E-state index in [4.69, 9.17) is 9.84 Å². The highest BCUT2D eigenvalue weighted by molar-refractivity contribution is 5.82. The van der Waals surface area contributed by atoms with Gasteiger partial charge in [-0.25, -0.2) is 0 Å². The van der Waals surface area contributed by atoms with Gasteiger partial charge >= 0.3 is 5.97 Å². The van der Waals surface area contributed by atoms with Crippen LogP contribution in [0, 0.1) is 5.41 Å². The van der Waals surface area contributed by atoms with Crippen LogP contribution in [0.5, 0.6) is 0 Å². The van der Waals surface area contributed by atoms with Crippen LogP contribution in [0.3, 0.4) is 0 Å². The molecule has 0 spiro atoms. The van der Waals surface area contributed by atoms with Gasteiger partial charge in [-0.1, -0.05) is 13.8 Å². The van der Waals surface area contributed by atoms with Gasteiger partial charge in [0.1, 0.15) is 0 Å². The molecule has 1 aliphatic heterocycles. The molecule has 2 atom stereocenters. The van der Waals surface area contributed by atoms with Crippen molar-refractivity contribution in [1.82, 2.24) is 10.6 Å². The third-order valence-corrected chi connectivity index (χ3v) is 3.86. The Morgan fingerprint density at radius 2 is 2.10 bits per heavy atom. The summed E-state index contributed by atoms with van der Waals surface area (Å²) in [7, 11) is 1.65. The molecule has 0 aromatic heterocycles. The van der Waals surface area contributed by atoms with E-state index in [1.807, 2.05) is 13.8 Å². The number of rotatable bonds is 8. The highest BCUT2D eigenvalue weighted by Crippen LogP contribution is 2.26. The summed E-state index contributed by atoms with van der Waals surface area (Å²) < 4.78 is 5.21. The van der Waals surface area contributed by atoms with Gasteiger partial charge in [0.05, 0.1) is 12.1 Å². The molecule has 116 valence electrons. The summed E-state index contributed by atoms with van der Waals surface area (Å²) in [5, 5.41) is 14.7. The number of carbonyl (C=O) groups is 2. The number of methoxy groups -OCH3 is 1. The first kappa shape index (κ1) is 16.9. The first-order chi connectivity index (χ1) is 9.34. The zero-order valence-corrected chi connectivity index (χ0v) is 12.6. The Kier molecular flexibility index (Phi) is 6.42. The van der Waals surface area contributed by atoms with Crippen molar-refractivity contribution in [3.05, 3.63) is 0 Å². The lowest BCUT2D eigenvalue weighted by atomic mass is 9.84. The summed E-state index contributed by atoms with van der Waals surface area (Å²) in [6, 6.07) is -0.179. The average molecular weight is 286 g/mol. The number of carboxylic acid groups (broad SMARTS) is 1. The van der Waals surface area contributed by atoms with Gasteiger partial charge in [0.2, 0.25) is 5.91 Å². The van der Waals surface area contributed by atoms with Gasteiger partial charge in [-0.15, -0.1) is 0 Å². The Hall–Kier alpha value is -1.14. The molecule has 1 saturated heterocycles. The largest absolute Gasteiger partial charge is 0.481 e. The molecule has 6 heteroatoms.